The molecule has 0 saturated carbocycles. The van der Waals surface area contributed by atoms with Gasteiger partial charge in [0.15, 0.2) is 5.82 Å². The molecule has 5 rings (SSSR count). The van der Waals surface area contributed by atoms with Crippen LogP contribution in [0.2, 0.25) is 0 Å². The van der Waals surface area contributed by atoms with Crippen LogP contribution in [0, 0.1) is 5.41 Å². The average molecular weight is 403 g/mol. The lowest BCUT2D eigenvalue weighted by atomic mass is 10.3. The minimum Gasteiger partial charge on any atom is -0.383 e. The summed E-state index contributed by atoms with van der Waals surface area (Å²) in [5, 5.41) is 11.4. The SMILES string of the molecule is N=Cc1cccnc1.Nc1cc(N2CCOCC2)n2nc(-c3ccncc3)nc2n1. The van der Waals surface area contributed by atoms with E-state index in [0.717, 1.165) is 30.0 Å². The molecule has 0 spiro atoms. The van der Waals surface area contributed by atoms with Gasteiger partial charge in [0.05, 0.1) is 13.2 Å². The molecule has 5 heterocycles. The molecule has 0 radical (unpaired) electrons. The topological polar surface area (TPSA) is 131 Å². The number of ether oxygens (including phenoxy) is 1. The van der Waals surface area contributed by atoms with Gasteiger partial charge in [-0.1, -0.05) is 6.07 Å². The molecule has 1 aliphatic heterocycles. The third-order valence-corrected chi connectivity index (χ3v) is 4.44. The Morgan fingerprint density at radius 1 is 1.03 bits per heavy atom. The number of fused-ring (bicyclic) bond motifs is 1. The first kappa shape index (κ1) is 19.4. The number of anilines is 2. The van der Waals surface area contributed by atoms with Gasteiger partial charge in [-0.05, 0) is 18.2 Å². The number of nitrogen functional groups attached to an aromatic ring is 1. The second kappa shape index (κ2) is 9.05. The van der Waals surface area contributed by atoms with Crippen molar-refractivity contribution in [2.24, 2.45) is 0 Å². The molecule has 4 aromatic heterocycles. The number of nitrogens with one attached hydrogen (secondary N) is 1. The van der Waals surface area contributed by atoms with Crippen LogP contribution in [0.25, 0.3) is 17.2 Å². The summed E-state index contributed by atoms with van der Waals surface area (Å²) in [6.07, 6.45) is 8.03. The number of pyridine rings is 2. The lowest BCUT2D eigenvalue weighted by Crippen LogP contribution is -2.37. The molecule has 1 saturated heterocycles. The van der Waals surface area contributed by atoms with Crippen molar-refractivity contribution in [2.75, 3.05) is 36.9 Å². The number of rotatable bonds is 3. The predicted molar refractivity (Wildman–Crippen MR) is 114 cm³/mol. The second-order valence-electron chi connectivity index (χ2n) is 6.45. The highest BCUT2D eigenvalue weighted by atomic mass is 16.5. The van der Waals surface area contributed by atoms with Crippen LogP contribution in [-0.4, -0.2) is 62.1 Å². The van der Waals surface area contributed by atoms with Crippen LogP contribution in [0.3, 0.4) is 0 Å². The summed E-state index contributed by atoms with van der Waals surface area (Å²) in [6, 6.07) is 9.20. The highest BCUT2D eigenvalue weighted by Gasteiger charge is 2.18. The Balaban J connectivity index is 0.000000230. The largest absolute Gasteiger partial charge is 0.383 e. The number of nitrogens with two attached hydrogens (primary N) is 1. The summed E-state index contributed by atoms with van der Waals surface area (Å²) in [5.74, 6) is 2.42. The lowest BCUT2D eigenvalue weighted by Gasteiger charge is -2.28. The van der Waals surface area contributed by atoms with Gasteiger partial charge in [-0.3, -0.25) is 9.97 Å². The van der Waals surface area contributed by atoms with E-state index < -0.39 is 0 Å². The maximum absolute atomic E-state index is 6.78. The Hall–Kier alpha value is -3.92. The molecule has 0 atom stereocenters. The first-order valence-corrected chi connectivity index (χ1v) is 9.41. The summed E-state index contributed by atoms with van der Waals surface area (Å²) in [7, 11) is 0. The van der Waals surface area contributed by atoms with Crippen molar-refractivity contribution in [3.05, 3.63) is 60.7 Å². The normalized spacial score (nSPS) is 13.5. The van der Waals surface area contributed by atoms with Crippen LogP contribution in [-0.2, 0) is 4.74 Å². The fourth-order valence-electron chi connectivity index (χ4n) is 2.97. The minimum atomic E-state index is 0.433. The molecule has 10 nitrogen and oxygen atoms in total. The summed E-state index contributed by atoms with van der Waals surface area (Å²) in [6.45, 7) is 2.97. The molecule has 0 amide bonds. The van der Waals surface area contributed by atoms with Crippen molar-refractivity contribution in [3.8, 4) is 11.4 Å². The Bertz CT molecular complexity index is 1110. The molecule has 10 heteroatoms. The van der Waals surface area contributed by atoms with E-state index in [1.165, 1.54) is 6.21 Å². The van der Waals surface area contributed by atoms with E-state index in [0.29, 0.717) is 30.6 Å². The summed E-state index contributed by atoms with van der Waals surface area (Å²) in [5.41, 5.74) is 7.65. The molecule has 152 valence electrons. The van der Waals surface area contributed by atoms with Crippen molar-refractivity contribution >= 4 is 23.6 Å². The first-order valence-electron chi connectivity index (χ1n) is 9.41. The van der Waals surface area contributed by atoms with Gasteiger partial charge in [-0.25, -0.2) is 0 Å². The Morgan fingerprint density at radius 2 is 1.83 bits per heavy atom. The fraction of sp³-hybridized carbons (Fsp3) is 0.200. The van der Waals surface area contributed by atoms with Crippen molar-refractivity contribution in [1.29, 1.82) is 5.41 Å². The highest BCUT2D eigenvalue weighted by molar-refractivity contribution is 5.75. The van der Waals surface area contributed by atoms with Crippen LogP contribution < -0.4 is 10.6 Å². The summed E-state index contributed by atoms with van der Waals surface area (Å²) in [4.78, 5) is 18.7. The Labute approximate surface area is 172 Å². The predicted octanol–water partition coefficient (Wildman–Crippen LogP) is 1.68. The number of hydrogen-bond acceptors (Lipinski definition) is 9. The van der Waals surface area contributed by atoms with Gasteiger partial charge in [0.2, 0.25) is 0 Å². The van der Waals surface area contributed by atoms with Gasteiger partial charge in [0, 0.05) is 61.3 Å². The first-order chi connectivity index (χ1) is 14.7. The van der Waals surface area contributed by atoms with Gasteiger partial charge in [0.25, 0.3) is 5.78 Å². The second-order valence-corrected chi connectivity index (χ2v) is 6.45. The van der Waals surface area contributed by atoms with E-state index >= 15 is 0 Å². The summed E-state index contributed by atoms with van der Waals surface area (Å²) >= 11 is 0. The lowest BCUT2D eigenvalue weighted by molar-refractivity contribution is 0.122. The van der Waals surface area contributed by atoms with Crippen molar-refractivity contribution in [1.82, 2.24) is 29.5 Å². The monoisotopic (exact) mass is 403 g/mol. The third kappa shape index (κ3) is 4.39. The van der Waals surface area contributed by atoms with Crippen LogP contribution >= 0.6 is 0 Å². The van der Waals surface area contributed by atoms with Gasteiger partial charge >= 0.3 is 0 Å². The Kier molecular flexibility index (Phi) is 5.85. The summed E-state index contributed by atoms with van der Waals surface area (Å²) < 4.78 is 7.13. The number of nitrogens with zero attached hydrogens (tertiary/aromatic N) is 7. The molecular formula is C20H21N9O. The molecule has 3 N–H and O–H groups in total. The molecule has 0 aliphatic carbocycles. The molecule has 4 aromatic rings. The van der Waals surface area contributed by atoms with Crippen LogP contribution in [0.5, 0.6) is 0 Å². The zero-order valence-corrected chi connectivity index (χ0v) is 16.2. The third-order valence-electron chi connectivity index (χ3n) is 4.44. The zero-order valence-electron chi connectivity index (χ0n) is 16.2. The number of aromatic nitrogens is 6. The van der Waals surface area contributed by atoms with E-state index in [4.69, 9.17) is 15.9 Å². The van der Waals surface area contributed by atoms with Crippen molar-refractivity contribution in [3.63, 3.8) is 0 Å². The van der Waals surface area contributed by atoms with E-state index in [9.17, 15) is 0 Å². The van der Waals surface area contributed by atoms with Crippen molar-refractivity contribution in [2.45, 2.75) is 0 Å². The number of morpholine rings is 1. The molecule has 30 heavy (non-hydrogen) atoms. The number of hydrogen-bond donors (Lipinski definition) is 2. The van der Waals surface area contributed by atoms with E-state index in [1.54, 1.807) is 35.4 Å². The van der Waals surface area contributed by atoms with Crippen LogP contribution in [0.15, 0.2) is 55.1 Å². The maximum Gasteiger partial charge on any atom is 0.256 e. The quantitative estimate of drug-likeness (QED) is 0.494. The Morgan fingerprint density at radius 3 is 2.50 bits per heavy atom. The standard InChI is InChI=1S/C14H15N7O.C6H6N2/c15-11-9-12(20-5-7-22-8-6-20)21-14(17-11)18-13(19-21)10-1-3-16-4-2-10;7-4-6-2-1-3-8-5-6/h1-4,9H,5-8H2,(H2,15,17,18,19);1-5,7H. The van der Waals surface area contributed by atoms with Crippen molar-refractivity contribution < 1.29 is 4.74 Å². The smallest absolute Gasteiger partial charge is 0.256 e. The molecule has 0 aromatic carbocycles. The van der Waals surface area contributed by atoms with Gasteiger partial charge in [-0.2, -0.15) is 14.5 Å². The van der Waals surface area contributed by atoms with E-state index in [1.807, 2.05) is 24.3 Å². The van der Waals surface area contributed by atoms with E-state index in [2.05, 4.69) is 29.9 Å². The molecule has 0 unspecified atom stereocenters. The zero-order chi connectivity index (χ0) is 20.8. The van der Waals surface area contributed by atoms with Gasteiger partial charge in [-0.15, -0.1) is 5.10 Å². The maximum atomic E-state index is 6.78. The van der Waals surface area contributed by atoms with E-state index in [-0.39, 0.29) is 0 Å². The molecule has 1 aliphatic rings. The molecule has 0 bridgehead atoms. The fourth-order valence-corrected chi connectivity index (χ4v) is 2.97. The van der Waals surface area contributed by atoms with Crippen LogP contribution in [0.1, 0.15) is 5.56 Å². The van der Waals surface area contributed by atoms with Gasteiger partial charge < -0.3 is 20.8 Å². The molecule has 1 fully saturated rings. The van der Waals surface area contributed by atoms with Crippen LogP contribution in [0.4, 0.5) is 11.6 Å². The van der Waals surface area contributed by atoms with Gasteiger partial charge in [0.1, 0.15) is 11.6 Å². The minimum absolute atomic E-state index is 0.433. The average Bonchev–Trinajstić information content (AvgIpc) is 3.24. The molecular weight excluding hydrogens is 382 g/mol. The highest BCUT2D eigenvalue weighted by Crippen LogP contribution is 2.22.